The number of hydrogen-bond acceptors (Lipinski definition) is 2. The summed E-state index contributed by atoms with van der Waals surface area (Å²) in [5.74, 6) is 0.230. The molecule has 2 rings (SSSR count). The monoisotopic (exact) mass is 255 g/mol. The lowest BCUT2D eigenvalue weighted by Crippen LogP contribution is -2.38. The van der Waals surface area contributed by atoms with E-state index in [0.29, 0.717) is 0 Å². The Morgan fingerprint density at radius 2 is 1.89 bits per heavy atom. The zero-order valence-corrected chi connectivity index (χ0v) is 10.6. The number of nitrogens with two attached hydrogens (primary N) is 1. The van der Waals surface area contributed by atoms with Crippen LogP contribution < -0.4 is 10.5 Å². The molecule has 0 saturated heterocycles. The van der Waals surface area contributed by atoms with Gasteiger partial charge in [0.25, 0.3) is 6.43 Å². The normalized spacial score (nSPS) is 18.9. The molecule has 1 fully saturated rings. The van der Waals surface area contributed by atoms with Gasteiger partial charge in [-0.3, -0.25) is 0 Å². The summed E-state index contributed by atoms with van der Waals surface area (Å²) < 4.78 is 30.9. The van der Waals surface area contributed by atoms with Crippen molar-refractivity contribution < 1.29 is 13.5 Å². The zero-order valence-electron chi connectivity index (χ0n) is 10.6. The van der Waals surface area contributed by atoms with Crippen LogP contribution in [0, 0.1) is 0 Å². The van der Waals surface area contributed by atoms with Crippen LogP contribution in [0.25, 0.3) is 0 Å². The van der Waals surface area contributed by atoms with Gasteiger partial charge in [0.05, 0.1) is 12.7 Å². The summed E-state index contributed by atoms with van der Waals surface area (Å²) in [6, 6.07) is 4.92. The van der Waals surface area contributed by atoms with Crippen LogP contribution in [0.2, 0.25) is 0 Å². The molecule has 1 aliphatic rings. The maximum atomic E-state index is 13.0. The Kier molecular flexibility index (Phi) is 3.85. The Morgan fingerprint density at radius 1 is 1.22 bits per heavy atom. The molecule has 4 heteroatoms. The van der Waals surface area contributed by atoms with Crippen molar-refractivity contribution >= 4 is 0 Å². The van der Waals surface area contributed by atoms with Gasteiger partial charge in [-0.1, -0.05) is 25.3 Å². The molecule has 0 unspecified atom stereocenters. The molecule has 0 amide bonds. The van der Waals surface area contributed by atoms with Gasteiger partial charge >= 0.3 is 0 Å². The van der Waals surface area contributed by atoms with Crippen molar-refractivity contribution in [3.63, 3.8) is 0 Å². The van der Waals surface area contributed by atoms with Gasteiger partial charge in [-0.05, 0) is 30.5 Å². The Labute approximate surface area is 106 Å². The third-order valence-electron chi connectivity index (χ3n) is 3.79. The van der Waals surface area contributed by atoms with Crippen LogP contribution in [0.3, 0.4) is 0 Å². The smallest absolute Gasteiger partial charge is 0.267 e. The standard InChI is InChI=1S/C14H19F2NO/c1-18-12-6-5-10(9-11(12)13(15)16)14(17)7-3-2-4-8-14/h5-6,9,13H,2-4,7-8,17H2,1H3. The average molecular weight is 255 g/mol. The number of ether oxygens (including phenoxy) is 1. The fraction of sp³-hybridized carbons (Fsp3) is 0.571. The minimum absolute atomic E-state index is 0.0644. The van der Waals surface area contributed by atoms with Crippen molar-refractivity contribution in [2.24, 2.45) is 5.73 Å². The highest BCUT2D eigenvalue weighted by Crippen LogP contribution is 2.38. The molecule has 1 saturated carbocycles. The van der Waals surface area contributed by atoms with E-state index in [0.717, 1.165) is 31.2 Å². The first-order valence-corrected chi connectivity index (χ1v) is 6.32. The highest BCUT2D eigenvalue weighted by atomic mass is 19.3. The maximum absolute atomic E-state index is 13.0. The van der Waals surface area contributed by atoms with Crippen LogP contribution in [-0.4, -0.2) is 7.11 Å². The molecule has 0 atom stereocenters. The topological polar surface area (TPSA) is 35.2 Å². The second-order valence-corrected chi connectivity index (χ2v) is 4.97. The molecule has 0 spiro atoms. The van der Waals surface area contributed by atoms with Crippen LogP contribution >= 0.6 is 0 Å². The van der Waals surface area contributed by atoms with Gasteiger partial charge in [0.1, 0.15) is 5.75 Å². The van der Waals surface area contributed by atoms with E-state index in [4.69, 9.17) is 10.5 Å². The average Bonchev–Trinajstić information content (AvgIpc) is 2.38. The first-order valence-electron chi connectivity index (χ1n) is 6.32. The second-order valence-electron chi connectivity index (χ2n) is 4.97. The molecule has 0 bridgehead atoms. The third kappa shape index (κ3) is 2.48. The lowest BCUT2D eigenvalue weighted by molar-refractivity contribution is 0.146. The van der Waals surface area contributed by atoms with Gasteiger partial charge < -0.3 is 10.5 Å². The molecule has 1 aromatic rings. The van der Waals surface area contributed by atoms with E-state index in [-0.39, 0.29) is 11.3 Å². The Bertz CT molecular complexity index is 414. The number of rotatable bonds is 3. The molecule has 100 valence electrons. The number of methoxy groups -OCH3 is 1. The van der Waals surface area contributed by atoms with E-state index in [2.05, 4.69) is 0 Å². The summed E-state index contributed by atoms with van der Waals surface area (Å²) in [6.07, 6.45) is 2.49. The van der Waals surface area contributed by atoms with E-state index < -0.39 is 12.0 Å². The van der Waals surface area contributed by atoms with Crippen LogP contribution in [0.15, 0.2) is 18.2 Å². The first kappa shape index (κ1) is 13.3. The highest BCUT2D eigenvalue weighted by molar-refractivity contribution is 5.40. The Morgan fingerprint density at radius 3 is 2.44 bits per heavy atom. The van der Waals surface area contributed by atoms with Crippen molar-refractivity contribution in [3.05, 3.63) is 29.3 Å². The fourth-order valence-corrected chi connectivity index (χ4v) is 2.69. The van der Waals surface area contributed by atoms with Gasteiger partial charge in [0, 0.05) is 5.54 Å². The summed E-state index contributed by atoms with van der Waals surface area (Å²) in [5.41, 5.74) is 6.64. The lowest BCUT2D eigenvalue weighted by atomic mass is 9.77. The molecular weight excluding hydrogens is 236 g/mol. The zero-order chi connectivity index (χ0) is 13.2. The number of hydrogen-bond donors (Lipinski definition) is 1. The van der Waals surface area contributed by atoms with Crippen molar-refractivity contribution in [2.45, 2.75) is 44.1 Å². The van der Waals surface area contributed by atoms with Gasteiger partial charge in [-0.2, -0.15) is 0 Å². The van der Waals surface area contributed by atoms with Crippen LogP contribution in [0.4, 0.5) is 8.78 Å². The minimum atomic E-state index is -2.54. The molecule has 1 aromatic carbocycles. The molecule has 2 nitrogen and oxygen atoms in total. The van der Waals surface area contributed by atoms with Gasteiger partial charge in [0.15, 0.2) is 0 Å². The Balaban J connectivity index is 2.36. The number of alkyl halides is 2. The van der Waals surface area contributed by atoms with E-state index in [1.54, 1.807) is 6.07 Å². The molecule has 2 N–H and O–H groups in total. The maximum Gasteiger partial charge on any atom is 0.267 e. The molecule has 0 heterocycles. The lowest BCUT2D eigenvalue weighted by Gasteiger charge is -2.34. The molecule has 1 aliphatic carbocycles. The van der Waals surface area contributed by atoms with E-state index in [1.165, 1.54) is 19.6 Å². The summed E-state index contributed by atoms with van der Waals surface area (Å²) in [7, 11) is 1.40. The van der Waals surface area contributed by atoms with E-state index >= 15 is 0 Å². The first-order chi connectivity index (χ1) is 8.57. The Hall–Kier alpha value is -1.16. The third-order valence-corrected chi connectivity index (χ3v) is 3.79. The summed E-state index contributed by atoms with van der Waals surface area (Å²) >= 11 is 0. The van der Waals surface area contributed by atoms with Gasteiger partial charge in [0.2, 0.25) is 0 Å². The molecule has 0 aliphatic heterocycles. The van der Waals surface area contributed by atoms with Gasteiger partial charge in [-0.25, -0.2) is 8.78 Å². The molecule has 18 heavy (non-hydrogen) atoms. The van der Waals surface area contributed by atoms with Crippen LogP contribution in [0.5, 0.6) is 5.75 Å². The van der Waals surface area contributed by atoms with E-state index in [1.807, 2.05) is 6.07 Å². The highest BCUT2D eigenvalue weighted by Gasteiger charge is 2.30. The molecular formula is C14H19F2NO. The van der Waals surface area contributed by atoms with Crippen LogP contribution in [0.1, 0.15) is 49.7 Å². The quantitative estimate of drug-likeness (QED) is 0.892. The van der Waals surface area contributed by atoms with E-state index in [9.17, 15) is 8.78 Å². The predicted molar refractivity (Wildman–Crippen MR) is 66.9 cm³/mol. The summed E-state index contributed by atoms with van der Waals surface area (Å²) in [4.78, 5) is 0. The number of halogens is 2. The molecule has 0 radical (unpaired) electrons. The van der Waals surface area contributed by atoms with Crippen LogP contribution in [-0.2, 0) is 5.54 Å². The predicted octanol–water partition coefficient (Wildman–Crippen LogP) is 3.75. The SMILES string of the molecule is COc1ccc(C2(N)CCCCC2)cc1C(F)F. The summed E-state index contributed by atoms with van der Waals surface area (Å²) in [5, 5.41) is 0. The largest absolute Gasteiger partial charge is 0.496 e. The van der Waals surface area contributed by atoms with Gasteiger partial charge in [-0.15, -0.1) is 0 Å². The van der Waals surface area contributed by atoms with Crippen molar-refractivity contribution in [3.8, 4) is 5.75 Å². The van der Waals surface area contributed by atoms with Crippen molar-refractivity contribution in [2.75, 3.05) is 7.11 Å². The second kappa shape index (κ2) is 5.22. The minimum Gasteiger partial charge on any atom is -0.496 e. The van der Waals surface area contributed by atoms with Crippen molar-refractivity contribution in [1.82, 2.24) is 0 Å². The molecule has 0 aromatic heterocycles. The number of benzene rings is 1. The summed E-state index contributed by atoms with van der Waals surface area (Å²) in [6.45, 7) is 0. The fourth-order valence-electron chi connectivity index (χ4n) is 2.69. The van der Waals surface area contributed by atoms with Crippen molar-refractivity contribution in [1.29, 1.82) is 0 Å².